The largest absolute Gasteiger partial charge is 0.493 e. The van der Waals surface area contributed by atoms with Crippen LogP contribution in [0.15, 0.2) is 66.7 Å². The minimum atomic E-state index is -0.398. The molecule has 0 spiro atoms. The van der Waals surface area contributed by atoms with Crippen molar-refractivity contribution in [2.24, 2.45) is 0 Å². The maximum atomic E-state index is 13.0. The van der Waals surface area contributed by atoms with E-state index in [1.54, 1.807) is 30.3 Å². The summed E-state index contributed by atoms with van der Waals surface area (Å²) in [5, 5.41) is 5.69. The predicted molar refractivity (Wildman–Crippen MR) is 116 cm³/mol. The first-order chi connectivity index (χ1) is 14.9. The van der Waals surface area contributed by atoms with Gasteiger partial charge in [0.15, 0.2) is 11.5 Å². The maximum absolute atomic E-state index is 13.0. The molecule has 6 nitrogen and oxygen atoms in total. The normalized spacial score (nSPS) is 11.4. The minimum Gasteiger partial charge on any atom is -0.493 e. The molecule has 0 saturated heterocycles. The first-order valence-corrected chi connectivity index (χ1v) is 9.61. The van der Waals surface area contributed by atoms with E-state index < -0.39 is 5.82 Å². The van der Waals surface area contributed by atoms with Crippen molar-refractivity contribution in [3.8, 4) is 11.5 Å². The third-order valence-corrected chi connectivity index (χ3v) is 4.77. The molecule has 0 bridgehead atoms. The van der Waals surface area contributed by atoms with E-state index in [1.807, 2.05) is 19.1 Å². The number of rotatable bonds is 7. The molecule has 0 radical (unpaired) electrons. The summed E-state index contributed by atoms with van der Waals surface area (Å²) in [6, 6.07) is 17.1. The molecule has 0 heterocycles. The SMILES string of the molecule is COc1ccc(C(=O)NC(C)c2ccc(NC(=O)c3ccc(F)cc3)cc2)cc1OC. The fourth-order valence-electron chi connectivity index (χ4n) is 3.00. The number of hydrogen-bond acceptors (Lipinski definition) is 4. The maximum Gasteiger partial charge on any atom is 0.255 e. The smallest absolute Gasteiger partial charge is 0.255 e. The summed E-state index contributed by atoms with van der Waals surface area (Å²) >= 11 is 0. The van der Waals surface area contributed by atoms with Crippen LogP contribution in [0, 0.1) is 5.82 Å². The van der Waals surface area contributed by atoms with Crippen LogP contribution in [0.4, 0.5) is 10.1 Å². The first kappa shape index (κ1) is 21.8. The van der Waals surface area contributed by atoms with Crippen molar-refractivity contribution < 1.29 is 23.5 Å². The third-order valence-electron chi connectivity index (χ3n) is 4.77. The van der Waals surface area contributed by atoms with Gasteiger partial charge in [-0.25, -0.2) is 4.39 Å². The van der Waals surface area contributed by atoms with Crippen molar-refractivity contribution in [2.75, 3.05) is 19.5 Å². The Balaban J connectivity index is 1.63. The topological polar surface area (TPSA) is 76.7 Å². The van der Waals surface area contributed by atoms with E-state index in [9.17, 15) is 14.0 Å². The van der Waals surface area contributed by atoms with Crippen LogP contribution in [0.5, 0.6) is 11.5 Å². The fraction of sp³-hybridized carbons (Fsp3) is 0.167. The summed E-state index contributed by atoms with van der Waals surface area (Å²) in [7, 11) is 3.05. The van der Waals surface area contributed by atoms with Crippen LogP contribution in [-0.2, 0) is 0 Å². The molecule has 1 unspecified atom stereocenters. The standard InChI is InChI=1S/C24H23FN2O4/c1-15(26-24(29)18-8-13-21(30-2)22(14-18)31-3)16-6-11-20(12-7-16)27-23(28)17-4-9-19(25)10-5-17/h4-15H,1-3H3,(H,26,29)(H,27,28). The van der Waals surface area contributed by atoms with Crippen molar-refractivity contribution in [2.45, 2.75) is 13.0 Å². The van der Waals surface area contributed by atoms with Gasteiger partial charge in [0.25, 0.3) is 11.8 Å². The van der Waals surface area contributed by atoms with Crippen LogP contribution in [0.1, 0.15) is 39.2 Å². The van der Waals surface area contributed by atoms with Crippen LogP contribution >= 0.6 is 0 Å². The van der Waals surface area contributed by atoms with Crippen molar-refractivity contribution in [3.05, 3.63) is 89.2 Å². The Hall–Kier alpha value is -3.87. The van der Waals surface area contributed by atoms with Gasteiger partial charge in [-0.15, -0.1) is 0 Å². The van der Waals surface area contributed by atoms with Crippen molar-refractivity contribution in [1.82, 2.24) is 5.32 Å². The Morgan fingerprint density at radius 1 is 0.806 bits per heavy atom. The summed E-state index contributed by atoms with van der Waals surface area (Å²) in [6.07, 6.45) is 0. The van der Waals surface area contributed by atoms with E-state index in [2.05, 4.69) is 10.6 Å². The van der Waals surface area contributed by atoms with Crippen LogP contribution < -0.4 is 20.1 Å². The summed E-state index contributed by atoms with van der Waals surface area (Å²) in [5.74, 6) is 0.0455. The number of ether oxygens (including phenoxy) is 2. The fourth-order valence-corrected chi connectivity index (χ4v) is 3.00. The number of amides is 2. The van der Waals surface area contributed by atoms with E-state index in [-0.39, 0.29) is 17.9 Å². The number of nitrogens with one attached hydrogen (secondary N) is 2. The van der Waals surface area contributed by atoms with Crippen molar-refractivity contribution in [1.29, 1.82) is 0 Å². The van der Waals surface area contributed by atoms with Crippen LogP contribution in [0.2, 0.25) is 0 Å². The Kier molecular flexibility index (Phi) is 6.87. The van der Waals surface area contributed by atoms with E-state index in [4.69, 9.17) is 9.47 Å². The van der Waals surface area contributed by atoms with E-state index in [0.717, 1.165) is 5.56 Å². The second-order valence-corrected chi connectivity index (χ2v) is 6.85. The molecule has 3 rings (SSSR count). The van der Waals surface area contributed by atoms with Crippen LogP contribution in [0.3, 0.4) is 0 Å². The van der Waals surface area contributed by atoms with Crippen molar-refractivity contribution >= 4 is 17.5 Å². The minimum absolute atomic E-state index is 0.248. The van der Waals surface area contributed by atoms with Gasteiger partial charge in [-0.05, 0) is 67.1 Å². The number of benzene rings is 3. The molecule has 2 amide bonds. The Morgan fingerprint density at radius 2 is 1.42 bits per heavy atom. The quantitative estimate of drug-likeness (QED) is 0.584. The molecule has 0 aromatic heterocycles. The third kappa shape index (κ3) is 5.39. The van der Waals surface area contributed by atoms with Gasteiger partial charge in [-0.3, -0.25) is 9.59 Å². The molecule has 3 aromatic rings. The first-order valence-electron chi connectivity index (χ1n) is 9.61. The Labute approximate surface area is 180 Å². The number of halogens is 1. The van der Waals surface area contributed by atoms with Gasteiger partial charge in [0, 0.05) is 16.8 Å². The molecule has 160 valence electrons. The highest BCUT2D eigenvalue weighted by Crippen LogP contribution is 2.28. The van der Waals surface area contributed by atoms with Gasteiger partial charge in [-0.1, -0.05) is 12.1 Å². The van der Waals surface area contributed by atoms with Gasteiger partial charge in [0.1, 0.15) is 5.82 Å². The zero-order chi connectivity index (χ0) is 22.4. The highest BCUT2D eigenvalue weighted by atomic mass is 19.1. The van der Waals surface area contributed by atoms with Crippen LogP contribution in [-0.4, -0.2) is 26.0 Å². The molecule has 0 aliphatic heterocycles. The van der Waals surface area contributed by atoms with Gasteiger partial charge in [-0.2, -0.15) is 0 Å². The number of carbonyl (C=O) groups is 2. The molecule has 0 aliphatic rings. The van der Waals surface area contributed by atoms with Gasteiger partial charge < -0.3 is 20.1 Å². The van der Waals surface area contributed by atoms with E-state index >= 15 is 0 Å². The summed E-state index contributed by atoms with van der Waals surface area (Å²) in [6.45, 7) is 1.87. The van der Waals surface area contributed by atoms with Gasteiger partial charge in [0.2, 0.25) is 0 Å². The Bertz CT molecular complexity index is 1070. The molecule has 2 N–H and O–H groups in total. The molecule has 0 fully saturated rings. The number of hydrogen-bond donors (Lipinski definition) is 2. The molecular formula is C24H23FN2O4. The highest BCUT2D eigenvalue weighted by molar-refractivity contribution is 6.04. The predicted octanol–water partition coefficient (Wildman–Crippen LogP) is 4.59. The number of anilines is 1. The Morgan fingerprint density at radius 3 is 2.03 bits per heavy atom. The zero-order valence-electron chi connectivity index (χ0n) is 17.4. The number of methoxy groups -OCH3 is 2. The highest BCUT2D eigenvalue weighted by Gasteiger charge is 2.14. The average molecular weight is 422 g/mol. The van der Waals surface area contributed by atoms with Crippen molar-refractivity contribution in [3.63, 3.8) is 0 Å². The average Bonchev–Trinajstić information content (AvgIpc) is 2.79. The second kappa shape index (κ2) is 9.75. The van der Waals surface area contributed by atoms with Gasteiger partial charge in [0.05, 0.1) is 20.3 Å². The van der Waals surface area contributed by atoms with Crippen LogP contribution in [0.25, 0.3) is 0 Å². The van der Waals surface area contributed by atoms with Gasteiger partial charge >= 0.3 is 0 Å². The molecule has 1 atom stereocenters. The molecule has 0 saturated carbocycles. The molecule has 3 aromatic carbocycles. The lowest BCUT2D eigenvalue weighted by atomic mass is 10.1. The summed E-state index contributed by atoms with van der Waals surface area (Å²) in [5.41, 5.74) is 2.28. The lowest BCUT2D eigenvalue weighted by Gasteiger charge is -2.16. The lowest BCUT2D eigenvalue weighted by molar-refractivity contribution is 0.0938. The molecule has 7 heteroatoms. The lowest BCUT2D eigenvalue weighted by Crippen LogP contribution is -2.26. The summed E-state index contributed by atoms with van der Waals surface area (Å²) in [4.78, 5) is 24.8. The molecule has 31 heavy (non-hydrogen) atoms. The van der Waals surface area contributed by atoms with E-state index in [1.165, 1.54) is 38.5 Å². The molecular weight excluding hydrogens is 399 g/mol. The summed E-state index contributed by atoms with van der Waals surface area (Å²) < 4.78 is 23.4. The monoisotopic (exact) mass is 422 g/mol. The second-order valence-electron chi connectivity index (χ2n) is 6.85. The zero-order valence-corrected chi connectivity index (χ0v) is 17.4. The van der Waals surface area contributed by atoms with E-state index in [0.29, 0.717) is 28.3 Å². The molecule has 0 aliphatic carbocycles. The number of carbonyl (C=O) groups excluding carboxylic acids is 2.